The maximum absolute atomic E-state index is 12.1. The van der Waals surface area contributed by atoms with Crippen LogP contribution in [0.4, 0.5) is 10.7 Å². The highest BCUT2D eigenvalue weighted by Crippen LogP contribution is 2.39. The summed E-state index contributed by atoms with van der Waals surface area (Å²) in [5.41, 5.74) is 3.86. The fourth-order valence-electron chi connectivity index (χ4n) is 2.71. The van der Waals surface area contributed by atoms with E-state index in [1.165, 1.54) is 17.6 Å². The van der Waals surface area contributed by atoms with Crippen LogP contribution in [0.1, 0.15) is 32.8 Å². The Morgan fingerprint density at radius 3 is 2.65 bits per heavy atom. The van der Waals surface area contributed by atoms with Crippen molar-refractivity contribution in [3.8, 4) is 0 Å². The first-order valence-electron chi connectivity index (χ1n) is 7.46. The summed E-state index contributed by atoms with van der Waals surface area (Å²) in [4.78, 5) is 13.4. The third-order valence-corrected chi connectivity index (χ3v) is 5.26. The Bertz CT molecular complexity index is 751. The summed E-state index contributed by atoms with van der Waals surface area (Å²) in [6.45, 7) is 2.04. The van der Waals surface area contributed by atoms with Crippen molar-refractivity contribution in [2.24, 2.45) is 0 Å². The molecular weight excluding hydrogens is 328 g/mol. The van der Waals surface area contributed by atoms with Gasteiger partial charge in [-0.25, -0.2) is 4.79 Å². The Hall–Kier alpha value is -1.92. The van der Waals surface area contributed by atoms with Crippen molar-refractivity contribution in [1.29, 1.82) is 0 Å². The van der Waals surface area contributed by atoms with Crippen molar-refractivity contribution in [2.45, 2.75) is 26.2 Å². The van der Waals surface area contributed by atoms with E-state index < -0.39 is 0 Å². The molecule has 0 radical (unpaired) electrons. The number of aryl methyl sites for hydroxylation is 2. The largest absolute Gasteiger partial charge is 0.465 e. The second kappa shape index (κ2) is 6.68. The molecule has 120 valence electrons. The number of hydrogen-bond donors (Lipinski definition) is 2. The van der Waals surface area contributed by atoms with Gasteiger partial charge in [0.1, 0.15) is 5.00 Å². The molecule has 4 nitrogen and oxygen atoms in total. The second-order valence-electron chi connectivity index (χ2n) is 5.50. The predicted octanol–water partition coefficient (Wildman–Crippen LogP) is 4.14. The van der Waals surface area contributed by atoms with Crippen LogP contribution < -0.4 is 10.6 Å². The second-order valence-corrected chi connectivity index (χ2v) is 7.01. The molecular formula is C17H18N2O2S2. The van der Waals surface area contributed by atoms with Gasteiger partial charge in [0.2, 0.25) is 0 Å². The molecule has 2 N–H and O–H groups in total. The monoisotopic (exact) mass is 346 g/mol. The van der Waals surface area contributed by atoms with Gasteiger partial charge in [-0.05, 0) is 56.1 Å². The van der Waals surface area contributed by atoms with Crippen molar-refractivity contribution in [3.63, 3.8) is 0 Å². The van der Waals surface area contributed by atoms with Gasteiger partial charge in [-0.2, -0.15) is 0 Å². The molecule has 0 fully saturated rings. The van der Waals surface area contributed by atoms with E-state index in [4.69, 9.17) is 17.0 Å². The van der Waals surface area contributed by atoms with Crippen molar-refractivity contribution in [1.82, 2.24) is 0 Å². The van der Waals surface area contributed by atoms with E-state index in [-0.39, 0.29) is 5.97 Å². The molecule has 0 atom stereocenters. The van der Waals surface area contributed by atoms with Crippen molar-refractivity contribution in [3.05, 3.63) is 45.8 Å². The molecule has 23 heavy (non-hydrogen) atoms. The molecule has 0 amide bonds. The van der Waals surface area contributed by atoms with Crippen LogP contribution in [-0.2, 0) is 17.6 Å². The molecule has 1 aromatic heterocycles. The third kappa shape index (κ3) is 3.38. The molecule has 0 saturated heterocycles. The van der Waals surface area contributed by atoms with E-state index >= 15 is 0 Å². The molecule has 1 aliphatic carbocycles. The zero-order valence-corrected chi connectivity index (χ0v) is 14.7. The maximum atomic E-state index is 12.1. The number of nitrogens with one attached hydrogen (secondary N) is 2. The number of thiophene rings is 1. The first-order valence-corrected chi connectivity index (χ1v) is 8.68. The summed E-state index contributed by atoms with van der Waals surface area (Å²) in [6, 6.07) is 7.98. The van der Waals surface area contributed by atoms with Crippen LogP contribution in [-0.4, -0.2) is 18.2 Å². The molecule has 1 aliphatic rings. The van der Waals surface area contributed by atoms with Crippen LogP contribution in [0.5, 0.6) is 0 Å². The number of thiocarbonyl (C=S) groups is 1. The lowest BCUT2D eigenvalue weighted by atomic mass is 10.1. The fourth-order valence-corrected chi connectivity index (χ4v) is 4.28. The lowest BCUT2D eigenvalue weighted by Crippen LogP contribution is -2.20. The van der Waals surface area contributed by atoms with E-state index in [1.54, 1.807) is 11.3 Å². The van der Waals surface area contributed by atoms with E-state index in [9.17, 15) is 4.79 Å². The van der Waals surface area contributed by atoms with Crippen LogP contribution in [0.15, 0.2) is 24.3 Å². The summed E-state index contributed by atoms with van der Waals surface area (Å²) in [7, 11) is 1.41. The smallest absolute Gasteiger partial charge is 0.341 e. The minimum absolute atomic E-state index is 0.301. The van der Waals surface area contributed by atoms with Gasteiger partial charge in [0, 0.05) is 10.6 Å². The number of ether oxygens (including phenoxy) is 1. The molecule has 1 aromatic carbocycles. The fraction of sp³-hybridized carbons (Fsp3) is 0.294. The standard InChI is InChI=1S/C17H18N2O2S2/c1-10-6-8-11(9-7-10)18-17(22)19-15-14(16(20)21-2)12-4-3-5-13(12)23-15/h6-9H,3-5H2,1-2H3,(H2,18,19,22). The molecule has 0 aliphatic heterocycles. The van der Waals surface area contributed by atoms with E-state index in [0.717, 1.165) is 35.5 Å². The lowest BCUT2D eigenvalue weighted by molar-refractivity contribution is 0.0601. The number of rotatable bonds is 3. The van der Waals surface area contributed by atoms with E-state index in [0.29, 0.717) is 10.7 Å². The zero-order chi connectivity index (χ0) is 16.4. The number of carbonyl (C=O) groups is 1. The van der Waals surface area contributed by atoms with Gasteiger partial charge in [-0.15, -0.1) is 11.3 Å². The summed E-state index contributed by atoms with van der Waals surface area (Å²) in [6.07, 6.45) is 3.04. The van der Waals surface area contributed by atoms with E-state index in [1.807, 2.05) is 31.2 Å². The Balaban J connectivity index is 1.78. The van der Waals surface area contributed by atoms with Crippen molar-refractivity contribution < 1.29 is 9.53 Å². The van der Waals surface area contributed by atoms with Crippen LogP contribution in [0.2, 0.25) is 0 Å². The van der Waals surface area contributed by atoms with Crippen LogP contribution in [0.25, 0.3) is 0 Å². The van der Waals surface area contributed by atoms with Crippen molar-refractivity contribution >= 4 is 45.3 Å². The molecule has 0 unspecified atom stereocenters. The SMILES string of the molecule is COC(=O)c1c(NC(=S)Nc2ccc(C)cc2)sc2c1CCC2. The van der Waals surface area contributed by atoms with Gasteiger partial charge in [0.15, 0.2) is 5.11 Å². The molecule has 0 saturated carbocycles. The van der Waals surface area contributed by atoms with Crippen molar-refractivity contribution in [2.75, 3.05) is 17.7 Å². The Labute approximate surface area is 144 Å². The van der Waals surface area contributed by atoms with Gasteiger partial charge >= 0.3 is 5.97 Å². The van der Waals surface area contributed by atoms with Gasteiger partial charge in [0.05, 0.1) is 12.7 Å². The first kappa shape index (κ1) is 16.0. The molecule has 6 heteroatoms. The predicted molar refractivity (Wildman–Crippen MR) is 98.7 cm³/mol. The number of methoxy groups -OCH3 is 1. The van der Waals surface area contributed by atoms with Crippen LogP contribution in [0.3, 0.4) is 0 Å². The Morgan fingerprint density at radius 2 is 1.96 bits per heavy atom. The first-order chi connectivity index (χ1) is 11.1. The Morgan fingerprint density at radius 1 is 1.22 bits per heavy atom. The maximum Gasteiger partial charge on any atom is 0.341 e. The number of fused-ring (bicyclic) bond motifs is 1. The highest BCUT2D eigenvalue weighted by Gasteiger charge is 2.27. The summed E-state index contributed by atoms with van der Waals surface area (Å²) >= 11 is 6.97. The van der Waals surface area contributed by atoms with Crippen LogP contribution >= 0.6 is 23.6 Å². The average Bonchev–Trinajstić information content (AvgIpc) is 3.09. The quantitative estimate of drug-likeness (QED) is 0.646. The van der Waals surface area contributed by atoms with Gasteiger partial charge in [0.25, 0.3) is 0 Å². The number of carbonyl (C=O) groups excluding carboxylic acids is 1. The van der Waals surface area contributed by atoms with Crippen LogP contribution in [0, 0.1) is 6.92 Å². The normalized spacial score (nSPS) is 12.6. The van der Waals surface area contributed by atoms with Gasteiger partial charge < -0.3 is 15.4 Å². The minimum atomic E-state index is -0.301. The molecule has 1 heterocycles. The van der Waals surface area contributed by atoms with Gasteiger partial charge in [-0.3, -0.25) is 0 Å². The highest BCUT2D eigenvalue weighted by molar-refractivity contribution is 7.80. The van der Waals surface area contributed by atoms with Gasteiger partial charge in [-0.1, -0.05) is 17.7 Å². The lowest BCUT2D eigenvalue weighted by Gasteiger charge is -2.11. The topological polar surface area (TPSA) is 50.4 Å². The number of benzene rings is 1. The highest BCUT2D eigenvalue weighted by atomic mass is 32.1. The average molecular weight is 346 g/mol. The molecule has 0 bridgehead atoms. The minimum Gasteiger partial charge on any atom is -0.465 e. The molecule has 0 spiro atoms. The number of anilines is 2. The summed E-state index contributed by atoms with van der Waals surface area (Å²) in [5, 5.41) is 7.54. The molecule has 2 aromatic rings. The number of esters is 1. The summed E-state index contributed by atoms with van der Waals surface area (Å²) in [5.74, 6) is -0.301. The summed E-state index contributed by atoms with van der Waals surface area (Å²) < 4.78 is 4.94. The third-order valence-electron chi connectivity index (χ3n) is 3.85. The van der Waals surface area contributed by atoms with E-state index in [2.05, 4.69) is 10.6 Å². The molecule has 3 rings (SSSR count). The zero-order valence-electron chi connectivity index (χ0n) is 13.1. The number of hydrogen-bond acceptors (Lipinski definition) is 4. The Kier molecular flexibility index (Phi) is 4.63.